The topological polar surface area (TPSA) is 47.4 Å². The lowest BCUT2D eigenvalue weighted by Gasteiger charge is -2.24. The van der Waals surface area contributed by atoms with Gasteiger partial charge in [-0.25, -0.2) is 4.98 Å². The second-order valence-corrected chi connectivity index (χ2v) is 6.47. The molecule has 23 heavy (non-hydrogen) atoms. The maximum atomic E-state index is 13.1. The van der Waals surface area contributed by atoms with Crippen LogP contribution in [0.5, 0.6) is 0 Å². The summed E-state index contributed by atoms with van der Waals surface area (Å²) < 4.78 is 7.75. The summed E-state index contributed by atoms with van der Waals surface area (Å²) in [7, 11) is 1.93. The molecular weight excluding hydrogens is 314 g/mol. The van der Waals surface area contributed by atoms with Gasteiger partial charge in [-0.2, -0.15) is 0 Å². The van der Waals surface area contributed by atoms with Crippen molar-refractivity contribution in [1.29, 1.82) is 0 Å². The van der Waals surface area contributed by atoms with E-state index in [0.717, 1.165) is 34.9 Å². The van der Waals surface area contributed by atoms with Gasteiger partial charge >= 0.3 is 0 Å². The van der Waals surface area contributed by atoms with Crippen LogP contribution in [0.4, 0.5) is 5.69 Å². The molecule has 0 unspecified atom stereocenters. The van der Waals surface area contributed by atoms with E-state index in [4.69, 9.17) is 16.3 Å². The number of ether oxygens (including phenoxy) is 1. The molecule has 0 bridgehead atoms. The van der Waals surface area contributed by atoms with Gasteiger partial charge in [-0.15, -0.1) is 0 Å². The predicted octanol–water partition coefficient (Wildman–Crippen LogP) is 2.74. The van der Waals surface area contributed by atoms with E-state index < -0.39 is 0 Å². The Hall–Kier alpha value is -1.85. The highest BCUT2D eigenvalue weighted by atomic mass is 35.5. The molecule has 1 fully saturated rings. The van der Waals surface area contributed by atoms with Crippen LogP contribution in [0, 0.1) is 5.92 Å². The van der Waals surface area contributed by atoms with E-state index in [0.29, 0.717) is 13.2 Å². The lowest BCUT2D eigenvalue weighted by Crippen LogP contribution is -2.36. The van der Waals surface area contributed by atoms with E-state index in [1.165, 1.54) is 0 Å². The van der Waals surface area contributed by atoms with Crippen LogP contribution < -0.4 is 4.90 Å². The molecule has 4 rings (SSSR count). The lowest BCUT2D eigenvalue weighted by molar-refractivity contribution is -0.124. The van der Waals surface area contributed by atoms with E-state index in [-0.39, 0.29) is 17.9 Å². The normalized spacial score (nSPS) is 23.3. The number of carbonyl (C=O) groups is 1. The summed E-state index contributed by atoms with van der Waals surface area (Å²) >= 11 is 6.25. The molecule has 2 aliphatic rings. The minimum atomic E-state index is -0.272. The smallest absolute Gasteiger partial charge is 0.233 e. The number of halogens is 1. The van der Waals surface area contributed by atoms with Crippen molar-refractivity contribution in [3.8, 4) is 0 Å². The molecule has 2 atom stereocenters. The van der Waals surface area contributed by atoms with Gasteiger partial charge in [0.15, 0.2) is 0 Å². The van der Waals surface area contributed by atoms with Gasteiger partial charge in [0.25, 0.3) is 0 Å². The minimum Gasteiger partial charge on any atom is -0.369 e. The third kappa shape index (κ3) is 2.35. The predicted molar refractivity (Wildman–Crippen MR) is 87.5 cm³/mol. The van der Waals surface area contributed by atoms with E-state index in [9.17, 15) is 4.79 Å². The van der Waals surface area contributed by atoms with Gasteiger partial charge in [0.05, 0.1) is 5.92 Å². The maximum Gasteiger partial charge on any atom is 0.233 e. The Labute approximate surface area is 139 Å². The Morgan fingerprint density at radius 1 is 1.43 bits per heavy atom. The third-order valence-corrected chi connectivity index (χ3v) is 5.11. The van der Waals surface area contributed by atoms with Crippen molar-refractivity contribution in [2.45, 2.75) is 18.9 Å². The van der Waals surface area contributed by atoms with Crippen LogP contribution >= 0.6 is 11.6 Å². The van der Waals surface area contributed by atoms with E-state index in [2.05, 4.69) is 4.98 Å². The second kappa shape index (κ2) is 5.65. The summed E-state index contributed by atoms with van der Waals surface area (Å²) in [6.45, 7) is 1.27. The number of nitrogens with zero attached hydrogens (tertiary/aromatic N) is 3. The van der Waals surface area contributed by atoms with Gasteiger partial charge in [-0.05, 0) is 30.5 Å². The Bertz CT molecular complexity index is 758. The number of fused-ring (bicyclic) bond motifs is 1. The molecule has 1 amide bonds. The Kier molecular flexibility index (Phi) is 3.62. The first-order chi connectivity index (χ1) is 11.2. The number of hydrogen-bond donors (Lipinski definition) is 0. The summed E-state index contributed by atoms with van der Waals surface area (Å²) in [6.07, 6.45) is 4.88. The molecule has 2 aromatic rings. The summed E-state index contributed by atoms with van der Waals surface area (Å²) in [5.41, 5.74) is 2.00. The lowest BCUT2D eigenvalue weighted by atomic mass is 9.99. The van der Waals surface area contributed by atoms with Crippen LogP contribution in [0.1, 0.15) is 23.9 Å². The number of aryl methyl sites for hydroxylation is 1. The number of hydrogen-bond acceptors (Lipinski definition) is 3. The van der Waals surface area contributed by atoms with Gasteiger partial charge in [-0.3, -0.25) is 4.79 Å². The Balaban J connectivity index is 1.63. The highest BCUT2D eigenvalue weighted by molar-refractivity contribution is 6.32. The zero-order valence-electron chi connectivity index (χ0n) is 12.9. The van der Waals surface area contributed by atoms with Crippen molar-refractivity contribution in [3.05, 3.63) is 47.0 Å². The molecule has 3 heterocycles. The molecule has 5 nitrogen and oxygen atoms in total. The van der Waals surface area contributed by atoms with Crippen LogP contribution in [0.3, 0.4) is 0 Å². The number of benzene rings is 1. The average molecular weight is 332 g/mol. The van der Waals surface area contributed by atoms with Gasteiger partial charge in [-0.1, -0.05) is 17.7 Å². The van der Waals surface area contributed by atoms with Crippen molar-refractivity contribution < 1.29 is 9.53 Å². The fourth-order valence-corrected chi connectivity index (χ4v) is 3.83. The molecule has 0 aliphatic carbocycles. The summed E-state index contributed by atoms with van der Waals surface area (Å²) in [4.78, 5) is 19.3. The van der Waals surface area contributed by atoms with E-state index in [1.54, 1.807) is 6.20 Å². The Morgan fingerprint density at radius 2 is 2.30 bits per heavy atom. The summed E-state index contributed by atoms with van der Waals surface area (Å²) in [6, 6.07) is 5.75. The Morgan fingerprint density at radius 3 is 3.09 bits per heavy atom. The first-order valence-electron chi connectivity index (χ1n) is 7.84. The third-order valence-electron chi connectivity index (χ3n) is 4.76. The van der Waals surface area contributed by atoms with Gasteiger partial charge < -0.3 is 14.2 Å². The molecule has 0 saturated carbocycles. The largest absolute Gasteiger partial charge is 0.369 e. The monoisotopic (exact) mass is 331 g/mol. The molecular formula is C17H18ClN3O2. The van der Waals surface area contributed by atoms with Crippen LogP contribution in [0.2, 0.25) is 5.02 Å². The average Bonchev–Trinajstić information content (AvgIpc) is 3.24. The molecule has 1 aromatic carbocycles. The SMILES string of the molecule is Cn1ccnc1[C@@H]1OCC[C@H]1C(=O)N1CCc2c(Cl)cccc21. The fourth-order valence-electron chi connectivity index (χ4n) is 3.57. The van der Waals surface area contributed by atoms with Crippen LogP contribution in [0.25, 0.3) is 0 Å². The van der Waals surface area contributed by atoms with Crippen LogP contribution in [0.15, 0.2) is 30.6 Å². The maximum absolute atomic E-state index is 13.1. The molecule has 0 N–H and O–H groups in total. The number of anilines is 1. The molecule has 0 spiro atoms. The zero-order valence-corrected chi connectivity index (χ0v) is 13.7. The first kappa shape index (κ1) is 14.7. The second-order valence-electron chi connectivity index (χ2n) is 6.06. The number of imidazole rings is 1. The first-order valence-corrected chi connectivity index (χ1v) is 8.22. The summed E-state index contributed by atoms with van der Waals surface area (Å²) in [5.74, 6) is 0.726. The minimum absolute atomic E-state index is 0.108. The number of aromatic nitrogens is 2. The quantitative estimate of drug-likeness (QED) is 0.850. The van der Waals surface area contributed by atoms with Gasteiger partial charge in [0, 0.05) is 43.3 Å². The van der Waals surface area contributed by atoms with Crippen molar-refractivity contribution in [2.75, 3.05) is 18.1 Å². The van der Waals surface area contributed by atoms with E-state index in [1.807, 2.05) is 40.9 Å². The fraction of sp³-hybridized carbons (Fsp3) is 0.412. The van der Waals surface area contributed by atoms with Crippen molar-refractivity contribution in [2.24, 2.45) is 13.0 Å². The van der Waals surface area contributed by atoms with Crippen molar-refractivity contribution >= 4 is 23.2 Å². The molecule has 1 aromatic heterocycles. The zero-order chi connectivity index (χ0) is 16.0. The van der Waals surface area contributed by atoms with Crippen LogP contribution in [-0.2, 0) is 23.0 Å². The molecule has 2 aliphatic heterocycles. The highest BCUT2D eigenvalue weighted by Crippen LogP contribution is 2.39. The van der Waals surface area contributed by atoms with E-state index >= 15 is 0 Å². The number of amides is 1. The van der Waals surface area contributed by atoms with Gasteiger partial charge in [0.2, 0.25) is 5.91 Å². The van der Waals surface area contributed by atoms with Crippen molar-refractivity contribution in [3.63, 3.8) is 0 Å². The molecule has 120 valence electrons. The number of carbonyl (C=O) groups excluding carboxylic acids is 1. The standard InChI is InChI=1S/C17H18ClN3O2/c1-20-9-7-19-16(20)15-12(6-10-23-15)17(22)21-8-5-11-13(18)3-2-4-14(11)21/h2-4,7,9,12,15H,5-6,8,10H2,1H3/t12-,15-/m1/s1. The molecule has 0 radical (unpaired) electrons. The molecule has 1 saturated heterocycles. The van der Waals surface area contributed by atoms with Crippen LogP contribution in [-0.4, -0.2) is 28.6 Å². The molecule has 6 heteroatoms. The van der Waals surface area contributed by atoms with Gasteiger partial charge in [0.1, 0.15) is 11.9 Å². The van der Waals surface area contributed by atoms with Crippen molar-refractivity contribution in [1.82, 2.24) is 9.55 Å². The number of rotatable bonds is 2. The highest BCUT2D eigenvalue weighted by Gasteiger charge is 2.41. The summed E-state index contributed by atoms with van der Waals surface area (Å²) in [5, 5.41) is 0.737.